The molecule has 4 rings (SSSR count). The fraction of sp³-hybridized carbons (Fsp3) is 0.217. The zero-order valence-corrected chi connectivity index (χ0v) is 18.2. The molecule has 6 nitrogen and oxygen atoms in total. The predicted octanol–water partition coefficient (Wildman–Crippen LogP) is 4.83. The van der Waals surface area contributed by atoms with Crippen LogP contribution in [-0.2, 0) is 12.8 Å². The van der Waals surface area contributed by atoms with Crippen LogP contribution in [0.15, 0.2) is 53.7 Å². The van der Waals surface area contributed by atoms with Gasteiger partial charge in [-0.15, -0.1) is 0 Å². The number of aromatic nitrogens is 4. The Balaban J connectivity index is 1.54. The number of hydrogen-bond acceptors (Lipinski definition) is 5. The van der Waals surface area contributed by atoms with E-state index in [0.717, 1.165) is 44.7 Å². The number of benzene rings is 2. The number of amides is 1. The van der Waals surface area contributed by atoms with E-state index < -0.39 is 0 Å². The van der Waals surface area contributed by atoms with Crippen LogP contribution in [0.2, 0.25) is 0 Å². The van der Waals surface area contributed by atoms with Gasteiger partial charge in [0.05, 0.1) is 16.8 Å². The summed E-state index contributed by atoms with van der Waals surface area (Å²) in [4.78, 5) is 26.3. The molecule has 2 aromatic carbocycles. The molecular formula is C23H23N5OS. The maximum atomic E-state index is 12.6. The number of hydrogen-bond donors (Lipinski definition) is 1. The third kappa shape index (κ3) is 4.21. The van der Waals surface area contributed by atoms with Crippen molar-refractivity contribution in [3.63, 3.8) is 0 Å². The maximum absolute atomic E-state index is 12.6. The molecule has 0 bridgehead atoms. The summed E-state index contributed by atoms with van der Waals surface area (Å²) in [6, 6.07) is 15.3. The summed E-state index contributed by atoms with van der Waals surface area (Å²) in [5, 5.41) is 3.73. The summed E-state index contributed by atoms with van der Waals surface area (Å²) >= 11 is 1.57. The van der Waals surface area contributed by atoms with Crippen molar-refractivity contribution in [2.24, 2.45) is 7.05 Å². The normalized spacial score (nSPS) is 11.1. The van der Waals surface area contributed by atoms with Crippen LogP contribution in [0.1, 0.15) is 33.1 Å². The van der Waals surface area contributed by atoms with Crippen molar-refractivity contribution in [3.8, 4) is 0 Å². The lowest BCUT2D eigenvalue weighted by molar-refractivity contribution is 0.102. The van der Waals surface area contributed by atoms with Crippen LogP contribution in [0.4, 0.5) is 5.69 Å². The number of anilines is 1. The molecule has 30 heavy (non-hydrogen) atoms. The fourth-order valence-corrected chi connectivity index (χ4v) is 4.30. The van der Waals surface area contributed by atoms with Gasteiger partial charge in [0.15, 0.2) is 5.16 Å². The first kappa shape index (κ1) is 20.1. The van der Waals surface area contributed by atoms with Crippen molar-refractivity contribution in [2.75, 3.05) is 5.32 Å². The van der Waals surface area contributed by atoms with Crippen LogP contribution in [0.3, 0.4) is 0 Å². The van der Waals surface area contributed by atoms with Crippen LogP contribution in [0.5, 0.6) is 0 Å². The first-order valence-corrected chi connectivity index (χ1v) is 10.7. The van der Waals surface area contributed by atoms with Crippen molar-refractivity contribution < 1.29 is 4.79 Å². The van der Waals surface area contributed by atoms with E-state index >= 15 is 0 Å². The molecule has 1 amide bonds. The number of nitrogens with one attached hydrogen (secondary N) is 1. The summed E-state index contributed by atoms with van der Waals surface area (Å²) in [5.74, 6) is 1.48. The summed E-state index contributed by atoms with van der Waals surface area (Å²) in [7, 11) is 2.00. The topological polar surface area (TPSA) is 72.7 Å². The monoisotopic (exact) mass is 417 g/mol. The van der Waals surface area contributed by atoms with Gasteiger partial charge in [0, 0.05) is 29.7 Å². The highest BCUT2D eigenvalue weighted by atomic mass is 32.2. The second kappa shape index (κ2) is 8.28. The number of imidazole rings is 1. The third-order valence-electron chi connectivity index (χ3n) is 4.91. The van der Waals surface area contributed by atoms with Gasteiger partial charge in [-0.1, -0.05) is 30.0 Å². The Labute approximate surface area is 179 Å². The minimum atomic E-state index is -0.119. The Bertz CT molecular complexity index is 1230. The lowest BCUT2D eigenvalue weighted by Gasteiger charge is -2.07. The van der Waals surface area contributed by atoms with E-state index in [0.29, 0.717) is 11.3 Å². The van der Waals surface area contributed by atoms with Crippen LogP contribution >= 0.6 is 11.8 Å². The molecule has 0 aliphatic rings. The minimum absolute atomic E-state index is 0.119. The van der Waals surface area contributed by atoms with E-state index in [9.17, 15) is 4.79 Å². The van der Waals surface area contributed by atoms with Gasteiger partial charge in [0.1, 0.15) is 5.82 Å². The molecule has 0 saturated carbocycles. The number of carbonyl (C=O) groups excluding carboxylic acids is 1. The number of fused-ring (bicyclic) bond motifs is 1. The summed E-state index contributed by atoms with van der Waals surface area (Å²) in [5.41, 5.74) is 6.13. The van der Waals surface area contributed by atoms with Crippen molar-refractivity contribution in [1.82, 2.24) is 19.5 Å². The molecule has 7 heteroatoms. The van der Waals surface area contributed by atoms with Crippen molar-refractivity contribution in [2.45, 2.75) is 31.7 Å². The molecular weight excluding hydrogens is 394 g/mol. The Morgan fingerprint density at radius 1 is 1.00 bits per heavy atom. The van der Waals surface area contributed by atoms with Gasteiger partial charge < -0.3 is 9.88 Å². The second-order valence-corrected chi connectivity index (χ2v) is 8.22. The Morgan fingerprint density at radius 2 is 1.73 bits per heavy atom. The minimum Gasteiger partial charge on any atom is -0.330 e. The quantitative estimate of drug-likeness (QED) is 0.372. The largest absolute Gasteiger partial charge is 0.330 e. The Morgan fingerprint density at radius 3 is 2.47 bits per heavy atom. The number of rotatable bonds is 5. The Kier molecular flexibility index (Phi) is 5.55. The molecule has 0 unspecified atom stereocenters. The molecule has 2 aromatic heterocycles. The third-order valence-corrected chi connectivity index (χ3v) is 5.76. The standard InChI is InChI=1S/C23H23N5OS/c1-14-7-5-6-8-18(14)22(29)26-17-9-10-20-19(12-17)27-21(28(20)4)13-30-23-24-15(2)11-16(3)25-23/h5-12H,13H2,1-4H3,(H,26,29). The highest BCUT2D eigenvalue weighted by molar-refractivity contribution is 7.98. The summed E-state index contributed by atoms with van der Waals surface area (Å²) in [6.45, 7) is 5.88. The van der Waals surface area contributed by atoms with Crippen LogP contribution in [-0.4, -0.2) is 25.4 Å². The zero-order chi connectivity index (χ0) is 21.3. The van der Waals surface area contributed by atoms with Crippen molar-refractivity contribution in [1.29, 1.82) is 0 Å². The summed E-state index contributed by atoms with van der Waals surface area (Å²) in [6.07, 6.45) is 0. The average molecular weight is 418 g/mol. The van der Waals surface area contributed by atoms with Gasteiger partial charge in [-0.05, 0) is 56.7 Å². The highest BCUT2D eigenvalue weighted by Crippen LogP contribution is 2.25. The average Bonchev–Trinajstić information content (AvgIpc) is 3.01. The van der Waals surface area contributed by atoms with Gasteiger partial charge in [0.25, 0.3) is 5.91 Å². The lowest BCUT2D eigenvalue weighted by atomic mass is 10.1. The highest BCUT2D eigenvalue weighted by Gasteiger charge is 2.13. The van der Waals surface area contributed by atoms with Gasteiger partial charge in [-0.2, -0.15) is 0 Å². The second-order valence-electron chi connectivity index (χ2n) is 7.28. The molecule has 0 atom stereocenters. The number of carbonyl (C=O) groups is 1. The van der Waals surface area contributed by atoms with E-state index in [1.807, 2.05) is 76.3 Å². The van der Waals surface area contributed by atoms with E-state index in [1.54, 1.807) is 11.8 Å². The van der Waals surface area contributed by atoms with Crippen LogP contribution in [0, 0.1) is 20.8 Å². The molecule has 0 radical (unpaired) electrons. The van der Waals surface area contributed by atoms with Crippen molar-refractivity contribution >= 4 is 34.4 Å². The first-order valence-electron chi connectivity index (χ1n) is 9.68. The Hall–Kier alpha value is -3.19. The van der Waals surface area contributed by atoms with E-state index in [4.69, 9.17) is 4.98 Å². The van der Waals surface area contributed by atoms with Gasteiger partial charge in [-0.25, -0.2) is 15.0 Å². The van der Waals surface area contributed by atoms with Gasteiger partial charge >= 0.3 is 0 Å². The summed E-state index contributed by atoms with van der Waals surface area (Å²) < 4.78 is 2.07. The van der Waals surface area contributed by atoms with Gasteiger partial charge in [-0.3, -0.25) is 4.79 Å². The SMILES string of the molecule is Cc1cc(C)nc(SCc2nc3cc(NC(=O)c4ccccc4C)ccc3n2C)n1. The fourth-order valence-electron chi connectivity index (χ4n) is 3.37. The van der Waals surface area contributed by atoms with Crippen LogP contribution in [0.25, 0.3) is 11.0 Å². The molecule has 1 N–H and O–H groups in total. The molecule has 0 spiro atoms. The lowest BCUT2D eigenvalue weighted by Crippen LogP contribution is -2.13. The molecule has 152 valence electrons. The first-order chi connectivity index (χ1) is 14.4. The molecule has 4 aromatic rings. The number of thioether (sulfide) groups is 1. The molecule has 0 saturated heterocycles. The van der Waals surface area contributed by atoms with Crippen LogP contribution < -0.4 is 5.32 Å². The van der Waals surface area contributed by atoms with E-state index in [2.05, 4.69) is 19.9 Å². The molecule has 0 fully saturated rings. The van der Waals surface area contributed by atoms with E-state index in [1.165, 1.54) is 0 Å². The molecule has 2 heterocycles. The zero-order valence-electron chi connectivity index (χ0n) is 17.4. The predicted molar refractivity (Wildman–Crippen MR) is 121 cm³/mol. The molecule has 0 aliphatic heterocycles. The maximum Gasteiger partial charge on any atom is 0.255 e. The number of aryl methyl sites for hydroxylation is 4. The molecule has 0 aliphatic carbocycles. The van der Waals surface area contributed by atoms with E-state index in [-0.39, 0.29) is 5.91 Å². The van der Waals surface area contributed by atoms with Gasteiger partial charge in [0.2, 0.25) is 0 Å². The number of nitrogens with zero attached hydrogens (tertiary/aromatic N) is 4. The smallest absolute Gasteiger partial charge is 0.255 e. The van der Waals surface area contributed by atoms with Crippen molar-refractivity contribution in [3.05, 3.63) is 76.9 Å².